The second kappa shape index (κ2) is 10.3. The van der Waals surface area contributed by atoms with Gasteiger partial charge in [0.2, 0.25) is 0 Å². The highest BCUT2D eigenvalue weighted by atomic mass is 32.1. The fourth-order valence-electron chi connectivity index (χ4n) is 7.39. The summed E-state index contributed by atoms with van der Waals surface area (Å²) < 4.78 is 9.13. The standard InChI is InChI=1S/C44H27NOS/c1-2-15-29(16-3-1)45(38-24-10-14-28-13-4-5-17-30(28)38)39-27-37-42-33(21-12-26-41(42)47-44(37)36-20-7-6-18-31(36)39)35-23-11-22-34-32-19-8-9-25-40(32)46-43(34)35/h1-27H. The van der Waals surface area contributed by atoms with Gasteiger partial charge in [0.05, 0.1) is 11.4 Å². The molecule has 2 heterocycles. The van der Waals surface area contributed by atoms with Crippen LogP contribution < -0.4 is 4.90 Å². The van der Waals surface area contributed by atoms with Crippen LogP contribution in [0.4, 0.5) is 17.1 Å². The van der Waals surface area contributed by atoms with Crippen LogP contribution in [0.3, 0.4) is 0 Å². The molecule has 2 aromatic heterocycles. The molecule has 220 valence electrons. The molecule has 0 amide bonds. The van der Waals surface area contributed by atoms with E-state index in [0.29, 0.717) is 0 Å². The molecule has 0 radical (unpaired) electrons. The minimum Gasteiger partial charge on any atom is -0.455 e. The van der Waals surface area contributed by atoms with Crippen molar-refractivity contribution in [3.8, 4) is 11.1 Å². The molecule has 0 N–H and O–H groups in total. The Bertz CT molecular complexity index is 2800. The lowest BCUT2D eigenvalue weighted by molar-refractivity contribution is 0.670. The molecule has 0 aliphatic rings. The number of para-hydroxylation sites is 3. The van der Waals surface area contributed by atoms with Gasteiger partial charge in [-0.05, 0) is 47.3 Å². The molecule has 0 saturated heterocycles. The van der Waals surface area contributed by atoms with E-state index in [1.54, 1.807) is 0 Å². The van der Waals surface area contributed by atoms with E-state index in [1.807, 2.05) is 17.4 Å². The third-order valence-electron chi connectivity index (χ3n) is 9.44. The van der Waals surface area contributed by atoms with Gasteiger partial charge in [-0.25, -0.2) is 0 Å². The number of rotatable bonds is 4. The van der Waals surface area contributed by atoms with E-state index in [-0.39, 0.29) is 0 Å². The van der Waals surface area contributed by atoms with Crippen LogP contribution in [0.5, 0.6) is 0 Å². The van der Waals surface area contributed by atoms with Crippen LogP contribution in [0.1, 0.15) is 0 Å². The second-order valence-electron chi connectivity index (χ2n) is 12.0. The summed E-state index contributed by atoms with van der Waals surface area (Å²) in [5, 5.41) is 9.73. The molecular weight excluding hydrogens is 591 g/mol. The first-order valence-electron chi connectivity index (χ1n) is 15.9. The molecule has 0 unspecified atom stereocenters. The van der Waals surface area contributed by atoms with Gasteiger partial charge in [0.25, 0.3) is 0 Å². The molecule has 2 nitrogen and oxygen atoms in total. The summed E-state index contributed by atoms with van der Waals surface area (Å²) in [5.74, 6) is 0. The highest BCUT2D eigenvalue weighted by Crippen LogP contribution is 2.50. The van der Waals surface area contributed by atoms with Crippen molar-refractivity contribution < 1.29 is 4.42 Å². The molecule has 10 rings (SSSR count). The van der Waals surface area contributed by atoms with Gasteiger partial charge in [0, 0.05) is 58.4 Å². The smallest absolute Gasteiger partial charge is 0.143 e. The van der Waals surface area contributed by atoms with E-state index < -0.39 is 0 Å². The van der Waals surface area contributed by atoms with Crippen molar-refractivity contribution >= 4 is 92.1 Å². The van der Waals surface area contributed by atoms with E-state index in [2.05, 4.69) is 163 Å². The lowest BCUT2D eigenvalue weighted by atomic mass is 9.95. The van der Waals surface area contributed by atoms with Crippen molar-refractivity contribution in [2.75, 3.05) is 4.90 Å². The van der Waals surface area contributed by atoms with Gasteiger partial charge in [-0.15, -0.1) is 11.3 Å². The van der Waals surface area contributed by atoms with E-state index >= 15 is 0 Å². The average Bonchev–Trinajstić information content (AvgIpc) is 3.71. The van der Waals surface area contributed by atoms with E-state index in [0.717, 1.165) is 44.6 Å². The molecule has 8 aromatic carbocycles. The molecule has 0 aliphatic heterocycles. The van der Waals surface area contributed by atoms with Gasteiger partial charge in [-0.2, -0.15) is 0 Å². The summed E-state index contributed by atoms with van der Waals surface area (Å²) >= 11 is 1.88. The van der Waals surface area contributed by atoms with E-state index in [1.165, 1.54) is 47.3 Å². The van der Waals surface area contributed by atoms with Gasteiger partial charge >= 0.3 is 0 Å². The Balaban J connectivity index is 1.33. The first-order chi connectivity index (χ1) is 23.3. The Morgan fingerprint density at radius 3 is 2.00 bits per heavy atom. The molecule has 0 bridgehead atoms. The summed E-state index contributed by atoms with van der Waals surface area (Å²) in [5.41, 5.74) is 7.60. The van der Waals surface area contributed by atoms with E-state index in [9.17, 15) is 0 Å². The minimum atomic E-state index is 0.916. The maximum Gasteiger partial charge on any atom is 0.143 e. The summed E-state index contributed by atoms with van der Waals surface area (Å²) in [6.07, 6.45) is 0. The Morgan fingerprint density at radius 1 is 0.447 bits per heavy atom. The third kappa shape index (κ3) is 3.97. The summed E-state index contributed by atoms with van der Waals surface area (Å²) in [6.45, 7) is 0. The Kier molecular flexibility index (Phi) is 5.78. The topological polar surface area (TPSA) is 16.4 Å². The molecule has 3 heteroatoms. The molecule has 0 spiro atoms. The average molecular weight is 618 g/mol. The predicted molar refractivity (Wildman–Crippen MR) is 202 cm³/mol. The van der Waals surface area contributed by atoms with E-state index in [4.69, 9.17) is 4.42 Å². The number of furan rings is 1. The first kappa shape index (κ1) is 26.3. The number of hydrogen-bond acceptors (Lipinski definition) is 3. The van der Waals surface area contributed by atoms with Crippen molar-refractivity contribution in [2.45, 2.75) is 0 Å². The highest BCUT2D eigenvalue weighted by Gasteiger charge is 2.22. The number of hydrogen-bond donors (Lipinski definition) is 0. The Hall–Kier alpha value is -5.90. The zero-order valence-corrected chi connectivity index (χ0v) is 26.2. The molecule has 0 saturated carbocycles. The fraction of sp³-hybridized carbons (Fsp3) is 0. The summed E-state index contributed by atoms with van der Waals surface area (Å²) in [4.78, 5) is 2.44. The van der Waals surface area contributed by atoms with Crippen molar-refractivity contribution in [1.29, 1.82) is 0 Å². The van der Waals surface area contributed by atoms with Crippen LogP contribution in [0, 0.1) is 0 Å². The molecule has 47 heavy (non-hydrogen) atoms. The van der Waals surface area contributed by atoms with Crippen LogP contribution in [0.25, 0.3) is 74.8 Å². The molecule has 0 fully saturated rings. The highest BCUT2D eigenvalue weighted by molar-refractivity contribution is 7.26. The van der Waals surface area contributed by atoms with Crippen molar-refractivity contribution in [3.63, 3.8) is 0 Å². The van der Waals surface area contributed by atoms with Crippen molar-refractivity contribution in [3.05, 3.63) is 164 Å². The summed E-state index contributed by atoms with van der Waals surface area (Å²) in [6, 6.07) is 58.9. The Morgan fingerprint density at radius 2 is 1.11 bits per heavy atom. The number of benzene rings is 8. The molecule has 0 aliphatic carbocycles. The normalized spacial score (nSPS) is 11.8. The summed E-state index contributed by atoms with van der Waals surface area (Å²) in [7, 11) is 0. The monoisotopic (exact) mass is 617 g/mol. The quantitative estimate of drug-likeness (QED) is 0.195. The van der Waals surface area contributed by atoms with Crippen LogP contribution in [0.15, 0.2) is 168 Å². The van der Waals surface area contributed by atoms with Crippen LogP contribution >= 0.6 is 11.3 Å². The fourth-order valence-corrected chi connectivity index (χ4v) is 8.63. The van der Waals surface area contributed by atoms with Crippen molar-refractivity contribution in [1.82, 2.24) is 0 Å². The van der Waals surface area contributed by atoms with Gasteiger partial charge in [-0.3, -0.25) is 0 Å². The first-order valence-corrected chi connectivity index (χ1v) is 16.8. The zero-order valence-electron chi connectivity index (χ0n) is 25.4. The lowest BCUT2D eigenvalue weighted by Gasteiger charge is -2.28. The molecular formula is C44H27NOS. The number of anilines is 3. The zero-order chi connectivity index (χ0) is 30.9. The van der Waals surface area contributed by atoms with Crippen LogP contribution in [-0.2, 0) is 0 Å². The van der Waals surface area contributed by atoms with Crippen molar-refractivity contribution in [2.24, 2.45) is 0 Å². The third-order valence-corrected chi connectivity index (χ3v) is 10.6. The maximum atomic E-state index is 6.56. The van der Waals surface area contributed by atoms with Gasteiger partial charge in [-0.1, -0.05) is 127 Å². The number of fused-ring (bicyclic) bond motifs is 9. The molecule has 0 atom stereocenters. The second-order valence-corrected chi connectivity index (χ2v) is 13.1. The minimum absolute atomic E-state index is 0.916. The van der Waals surface area contributed by atoms with Gasteiger partial charge < -0.3 is 9.32 Å². The molecule has 10 aromatic rings. The van der Waals surface area contributed by atoms with Gasteiger partial charge in [0.15, 0.2) is 0 Å². The number of nitrogens with zero attached hydrogens (tertiary/aromatic N) is 1. The largest absolute Gasteiger partial charge is 0.455 e. The predicted octanol–water partition coefficient (Wildman–Crippen LogP) is 13.4. The van der Waals surface area contributed by atoms with Gasteiger partial charge in [0.1, 0.15) is 11.2 Å². The Labute approximate surface area is 275 Å². The SMILES string of the molecule is c1ccc(N(c2cccc3ccccc23)c2cc3c(sc4cccc(-c5cccc6c5oc5ccccc56)c43)c3ccccc23)cc1. The lowest BCUT2D eigenvalue weighted by Crippen LogP contribution is -2.11. The van der Waals surface area contributed by atoms with Crippen LogP contribution in [0.2, 0.25) is 0 Å². The number of thiophene rings is 1. The van der Waals surface area contributed by atoms with Crippen LogP contribution in [-0.4, -0.2) is 0 Å². The maximum absolute atomic E-state index is 6.56.